The summed E-state index contributed by atoms with van der Waals surface area (Å²) in [5.41, 5.74) is 0.744. The van der Waals surface area contributed by atoms with Gasteiger partial charge in [0.25, 0.3) is 5.91 Å². The molecule has 1 aromatic carbocycles. The van der Waals surface area contributed by atoms with Gasteiger partial charge in [0.1, 0.15) is 22.2 Å². The number of aryl methyl sites for hydroxylation is 1. The molecule has 1 aromatic heterocycles. The van der Waals surface area contributed by atoms with Crippen molar-refractivity contribution in [3.05, 3.63) is 44.9 Å². The number of carbonyl (C=O) groups is 1. The molecule has 0 radical (unpaired) electrons. The maximum Gasteiger partial charge on any atom is 0.263 e. The van der Waals surface area contributed by atoms with Gasteiger partial charge in [0.15, 0.2) is 0 Å². The molecular weight excluding hydrogens is 332 g/mol. The smallest absolute Gasteiger partial charge is 0.263 e. The fraction of sp³-hybridized carbons (Fsp3) is 0.412. The van der Waals surface area contributed by atoms with Crippen molar-refractivity contribution in [3.63, 3.8) is 0 Å². The molecule has 1 amide bonds. The normalized spacial score (nSPS) is 10.8. The molecule has 0 aliphatic carbocycles. The maximum atomic E-state index is 12.3. The predicted molar refractivity (Wildman–Crippen MR) is 94.5 cm³/mol. The van der Waals surface area contributed by atoms with Crippen molar-refractivity contribution in [2.75, 3.05) is 0 Å². The van der Waals surface area contributed by atoms with Crippen LogP contribution in [0.2, 0.25) is 5.02 Å². The highest BCUT2D eigenvalue weighted by molar-refractivity contribution is 7.13. The second kappa shape index (κ2) is 8.31. The second-order valence-corrected chi connectivity index (χ2v) is 6.77. The largest absolute Gasteiger partial charge is 0.486 e. The Morgan fingerprint density at radius 3 is 2.57 bits per heavy atom. The Labute approximate surface area is 145 Å². The molecule has 0 atom stereocenters. The van der Waals surface area contributed by atoms with Crippen molar-refractivity contribution in [2.24, 2.45) is 0 Å². The lowest BCUT2D eigenvalue weighted by atomic mass is 10.1. The van der Waals surface area contributed by atoms with E-state index in [9.17, 15) is 4.79 Å². The molecule has 0 saturated carbocycles. The number of hydrogen-bond donors (Lipinski definition) is 1. The lowest BCUT2D eigenvalue weighted by Crippen LogP contribution is -2.33. The zero-order valence-corrected chi connectivity index (χ0v) is 15.1. The van der Waals surface area contributed by atoms with Gasteiger partial charge in [-0.1, -0.05) is 25.4 Å². The van der Waals surface area contributed by atoms with Gasteiger partial charge in [0, 0.05) is 11.1 Å². The van der Waals surface area contributed by atoms with E-state index in [4.69, 9.17) is 16.3 Å². The first-order valence-corrected chi connectivity index (χ1v) is 8.88. The predicted octanol–water partition coefficient (Wildman–Crippen LogP) is 4.60. The van der Waals surface area contributed by atoms with Crippen LogP contribution in [0.15, 0.2) is 24.3 Å². The summed E-state index contributed by atoms with van der Waals surface area (Å²) >= 11 is 7.22. The quantitative estimate of drug-likeness (QED) is 0.792. The van der Waals surface area contributed by atoms with Gasteiger partial charge in [-0.15, -0.1) is 11.3 Å². The molecule has 0 aliphatic rings. The molecule has 2 rings (SSSR count). The molecule has 0 fully saturated rings. The molecule has 6 heteroatoms. The van der Waals surface area contributed by atoms with Crippen LogP contribution < -0.4 is 10.1 Å². The van der Waals surface area contributed by atoms with Gasteiger partial charge in [-0.2, -0.15) is 0 Å². The third-order valence-corrected chi connectivity index (χ3v) is 4.93. The average molecular weight is 353 g/mol. The first-order chi connectivity index (χ1) is 11.0. The standard InChI is InChI=1S/C17H21ClN2O2S/c1-4-13(5-2)20-17(21)16-11(3)19-15(23-16)10-22-14-8-6-12(18)7-9-14/h6-9,13H,4-5,10H2,1-3H3,(H,20,21). The van der Waals surface area contributed by atoms with Crippen LogP contribution in [0.4, 0.5) is 0 Å². The maximum absolute atomic E-state index is 12.3. The minimum atomic E-state index is -0.0496. The topological polar surface area (TPSA) is 51.2 Å². The van der Waals surface area contributed by atoms with E-state index < -0.39 is 0 Å². The number of rotatable bonds is 7. The van der Waals surface area contributed by atoms with Crippen LogP contribution in [-0.2, 0) is 6.61 Å². The number of benzene rings is 1. The van der Waals surface area contributed by atoms with Crippen LogP contribution in [0.3, 0.4) is 0 Å². The molecule has 124 valence electrons. The third-order valence-electron chi connectivity index (χ3n) is 3.54. The number of ether oxygens (including phenoxy) is 1. The number of thiazole rings is 1. The molecule has 1 heterocycles. The van der Waals surface area contributed by atoms with Crippen LogP contribution in [0, 0.1) is 6.92 Å². The van der Waals surface area contributed by atoms with Crippen molar-refractivity contribution in [3.8, 4) is 5.75 Å². The number of nitrogens with one attached hydrogen (secondary N) is 1. The Bertz CT molecular complexity index is 651. The summed E-state index contributed by atoms with van der Waals surface area (Å²) in [5, 5.41) is 4.50. The van der Waals surface area contributed by atoms with Crippen molar-refractivity contribution < 1.29 is 9.53 Å². The van der Waals surface area contributed by atoms with Crippen molar-refractivity contribution >= 4 is 28.8 Å². The number of aromatic nitrogens is 1. The molecule has 2 aromatic rings. The summed E-state index contributed by atoms with van der Waals surface area (Å²) in [6.07, 6.45) is 1.85. The SMILES string of the molecule is CCC(CC)NC(=O)c1sc(COc2ccc(Cl)cc2)nc1C. The molecule has 0 saturated heterocycles. The fourth-order valence-electron chi connectivity index (χ4n) is 2.14. The van der Waals surface area contributed by atoms with E-state index >= 15 is 0 Å². The summed E-state index contributed by atoms with van der Waals surface area (Å²) in [4.78, 5) is 17.4. The summed E-state index contributed by atoms with van der Waals surface area (Å²) in [6, 6.07) is 7.38. The second-order valence-electron chi connectivity index (χ2n) is 5.25. The molecule has 0 unspecified atom stereocenters. The third kappa shape index (κ3) is 4.94. The van der Waals surface area contributed by atoms with Crippen molar-refractivity contribution in [2.45, 2.75) is 46.3 Å². The number of nitrogens with zero attached hydrogens (tertiary/aromatic N) is 1. The van der Waals surface area contributed by atoms with Gasteiger partial charge in [-0.25, -0.2) is 4.98 Å². The minimum Gasteiger partial charge on any atom is -0.486 e. The van der Waals surface area contributed by atoms with Gasteiger partial charge in [-0.3, -0.25) is 4.79 Å². The molecule has 23 heavy (non-hydrogen) atoms. The van der Waals surface area contributed by atoms with E-state index in [1.807, 2.05) is 19.1 Å². The van der Waals surface area contributed by atoms with Crippen LogP contribution in [0.25, 0.3) is 0 Å². The molecule has 0 spiro atoms. The van der Waals surface area contributed by atoms with Gasteiger partial charge in [0.05, 0.1) is 5.69 Å². The highest BCUT2D eigenvalue weighted by Gasteiger charge is 2.17. The first-order valence-electron chi connectivity index (χ1n) is 7.69. The number of hydrogen-bond acceptors (Lipinski definition) is 4. The Morgan fingerprint density at radius 1 is 1.30 bits per heavy atom. The van der Waals surface area contributed by atoms with E-state index in [0.29, 0.717) is 16.5 Å². The van der Waals surface area contributed by atoms with E-state index in [-0.39, 0.29) is 11.9 Å². The molecule has 4 nitrogen and oxygen atoms in total. The van der Waals surface area contributed by atoms with Crippen LogP contribution in [0.1, 0.15) is 47.1 Å². The molecule has 0 bridgehead atoms. The van der Waals surface area contributed by atoms with Crippen LogP contribution in [-0.4, -0.2) is 16.9 Å². The summed E-state index contributed by atoms with van der Waals surface area (Å²) in [7, 11) is 0. The van der Waals surface area contributed by atoms with Gasteiger partial charge >= 0.3 is 0 Å². The van der Waals surface area contributed by atoms with E-state index in [1.165, 1.54) is 11.3 Å². The number of amides is 1. The van der Waals surface area contributed by atoms with E-state index in [1.54, 1.807) is 12.1 Å². The fourth-order valence-corrected chi connectivity index (χ4v) is 3.15. The Hall–Kier alpha value is -1.59. The monoisotopic (exact) mass is 352 g/mol. The highest BCUT2D eigenvalue weighted by atomic mass is 35.5. The number of halogens is 1. The highest BCUT2D eigenvalue weighted by Crippen LogP contribution is 2.21. The zero-order valence-electron chi connectivity index (χ0n) is 13.6. The average Bonchev–Trinajstić information content (AvgIpc) is 2.93. The van der Waals surface area contributed by atoms with Crippen molar-refractivity contribution in [1.82, 2.24) is 10.3 Å². The Morgan fingerprint density at radius 2 is 1.96 bits per heavy atom. The Kier molecular flexibility index (Phi) is 6.42. The van der Waals surface area contributed by atoms with Gasteiger partial charge in [-0.05, 0) is 44.0 Å². The lowest BCUT2D eigenvalue weighted by molar-refractivity contribution is 0.0938. The summed E-state index contributed by atoms with van der Waals surface area (Å²) in [5.74, 6) is 0.678. The summed E-state index contributed by atoms with van der Waals surface area (Å²) < 4.78 is 5.68. The molecular formula is C17H21ClN2O2S. The van der Waals surface area contributed by atoms with Gasteiger partial charge in [0.2, 0.25) is 0 Å². The lowest BCUT2D eigenvalue weighted by Gasteiger charge is -2.13. The first kappa shape index (κ1) is 17.8. The zero-order chi connectivity index (χ0) is 16.8. The van der Waals surface area contributed by atoms with E-state index in [2.05, 4.69) is 24.1 Å². The molecule has 1 N–H and O–H groups in total. The molecule has 0 aliphatic heterocycles. The summed E-state index contributed by atoms with van der Waals surface area (Å²) in [6.45, 7) is 6.33. The van der Waals surface area contributed by atoms with Crippen LogP contribution in [0.5, 0.6) is 5.75 Å². The van der Waals surface area contributed by atoms with Gasteiger partial charge < -0.3 is 10.1 Å². The number of carbonyl (C=O) groups excluding carboxylic acids is 1. The Balaban J connectivity index is 2.00. The minimum absolute atomic E-state index is 0.0496. The van der Waals surface area contributed by atoms with Crippen LogP contribution >= 0.6 is 22.9 Å². The van der Waals surface area contributed by atoms with E-state index in [0.717, 1.165) is 29.3 Å². The van der Waals surface area contributed by atoms with Crippen molar-refractivity contribution in [1.29, 1.82) is 0 Å².